The predicted octanol–water partition coefficient (Wildman–Crippen LogP) is 4.43. The molecule has 35 heavy (non-hydrogen) atoms. The Morgan fingerprint density at radius 3 is 2.31 bits per heavy atom. The van der Waals surface area contributed by atoms with Gasteiger partial charge in [-0.2, -0.15) is 0 Å². The van der Waals surface area contributed by atoms with Crippen molar-refractivity contribution in [2.24, 2.45) is 5.92 Å². The number of aryl methyl sites for hydroxylation is 1. The van der Waals surface area contributed by atoms with Crippen LogP contribution in [0.2, 0.25) is 0 Å². The molecule has 3 aromatic rings. The molecule has 0 atom stereocenters. The lowest BCUT2D eigenvalue weighted by atomic mass is 10.1. The molecule has 1 aliphatic carbocycles. The van der Waals surface area contributed by atoms with Crippen molar-refractivity contribution < 1.29 is 22.7 Å². The zero-order valence-corrected chi connectivity index (χ0v) is 20.6. The van der Waals surface area contributed by atoms with Gasteiger partial charge in [0.05, 0.1) is 17.7 Å². The largest absolute Gasteiger partial charge is 0.495 e. The zero-order valence-electron chi connectivity index (χ0n) is 19.7. The van der Waals surface area contributed by atoms with Gasteiger partial charge in [-0.3, -0.25) is 13.9 Å². The highest BCUT2D eigenvalue weighted by Gasteiger charge is 2.29. The summed E-state index contributed by atoms with van der Waals surface area (Å²) in [4.78, 5) is 25.1. The molecule has 1 saturated carbocycles. The van der Waals surface area contributed by atoms with E-state index in [1.54, 1.807) is 61.5 Å². The van der Waals surface area contributed by atoms with E-state index >= 15 is 0 Å². The number of anilines is 3. The summed E-state index contributed by atoms with van der Waals surface area (Å²) >= 11 is 0. The Morgan fingerprint density at radius 2 is 1.63 bits per heavy atom. The first-order valence-electron chi connectivity index (χ1n) is 11.2. The lowest BCUT2D eigenvalue weighted by Crippen LogP contribution is -2.27. The number of hydrogen-bond donors (Lipinski definition) is 2. The number of nitrogens with zero attached hydrogens (tertiary/aromatic N) is 1. The van der Waals surface area contributed by atoms with Crippen LogP contribution in [0.4, 0.5) is 17.1 Å². The van der Waals surface area contributed by atoms with Gasteiger partial charge in [-0.1, -0.05) is 24.3 Å². The number of carbonyl (C=O) groups is 2. The molecule has 0 bridgehead atoms. The summed E-state index contributed by atoms with van der Waals surface area (Å²) in [6.07, 6.45) is 1.79. The van der Waals surface area contributed by atoms with Gasteiger partial charge >= 0.3 is 0 Å². The van der Waals surface area contributed by atoms with Gasteiger partial charge in [0.25, 0.3) is 15.9 Å². The molecule has 8 nitrogen and oxygen atoms in total. The first kappa shape index (κ1) is 24.3. The van der Waals surface area contributed by atoms with Crippen molar-refractivity contribution in [2.45, 2.75) is 24.7 Å². The van der Waals surface area contributed by atoms with Gasteiger partial charge < -0.3 is 15.4 Å². The van der Waals surface area contributed by atoms with Crippen LogP contribution >= 0.6 is 0 Å². The third kappa shape index (κ3) is 5.30. The van der Waals surface area contributed by atoms with E-state index in [9.17, 15) is 18.0 Å². The average molecular weight is 494 g/mol. The average Bonchev–Trinajstić information content (AvgIpc) is 3.69. The van der Waals surface area contributed by atoms with E-state index in [1.165, 1.54) is 26.3 Å². The van der Waals surface area contributed by atoms with Gasteiger partial charge in [0.1, 0.15) is 5.75 Å². The van der Waals surface area contributed by atoms with Crippen molar-refractivity contribution in [2.75, 3.05) is 29.1 Å². The Balaban J connectivity index is 1.57. The number of amides is 2. The standard InChI is InChI=1S/C26H27N3O5S/c1-17-11-14-21(35(32,33)29(2)23-9-4-5-10-24(23)34-3)16-22(17)26(31)28-20-8-6-7-19(15-20)27-25(30)18-12-13-18/h4-11,14-16,18H,12-13H2,1-3H3,(H,27,30)(H,28,31). The summed E-state index contributed by atoms with van der Waals surface area (Å²) in [7, 11) is -1.06. The Bertz CT molecular complexity index is 1380. The van der Waals surface area contributed by atoms with Crippen LogP contribution in [-0.2, 0) is 14.8 Å². The number of benzene rings is 3. The molecule has 0 aliphatic heterocycles. The van der Waals surface area contributed by atoms with Gasteiger partial charge in [0.2, 0.25) is 5.91 Å². The third-order valence-corrected chi connectivity index (χ3v) is 7.64. The molecule has 0 radical (unpaired) electrons. The number of carbonyl (C=O) groups excluding carboxylic acids is 2. The number of methoxy groups -OCH3 is 1. The van der Waals surface area contributed by atoms with Crippen LogP contribution in [0.25, 0.3) is 0 Å². The van der Waals surface area contributed by atoms with E-state index < -0.39 is 15.9 Å². The van der Waals surface area contributed by atoms with Crippen molar-refractivity contribution in [1.82, 2.24) is 0 Å². The molecule has 1 aliphatic rings. The molecule has 0 heterocycles. The maximum atomic E-state index is 13.4. The highest BCUT2D eigenvalue weighted by Crippen LogP contribution is 2.32. The maximum Gasteiger partial charge on any atom is 0.264 e. The fourth-order valence-electron chi connectivity index (χ4n) is 3.65. The van der Waals surface area contributed by atoms with E-state index in [0.717, 1.165) is 17.1 Å². The minimum Gasteiger partial charge on any atom is -0.495 e. The number of hydrogen-bond acceptors (Lipinski definition) is 5. The first-order chi connectivity index (χ1) is 16.7. The van der Waals surface area contributed by atoms with Gasteiger partial charge in [-0.25, -0.2) is 8.42 Å². The Kier molecular flexibility index (Phi) is 6.79. The summed E-state index contributed by atoms with van der Waals surface area (Å²) in [5.74, 6) is -0.00144. The number of para-hydroxylation sites is 2. The molecule has 4 rings (SSSR count). The van der Waals surface area contributed by atoms with Gasteiger partial charge in [-0.15, -0.1) is 0 Å². The Labute approximate surface area is 205 Å². The SMILES string of the molecule is COc1ccccc1N(C)S(=O)(=O)c1ccc(C)c(C(=O)Nc2cccc(NC(=O)C3CC3)c2)c1. The molecule has 9 heteroatoms. The summed E-state index contributed by atoms with van der Waals surface area (Å²) in [5, 5.41) is 5.65. The topological polar surface area (TPSA) is 105 Å². The molecule has 2 amide bonds. The van der Waals surface area contributed by atoms with Crippen molar-refractivity contribution in [1.29, 1.82) is 0 Å². The highest BCUT2D eigenvalue weighted by molar-refractivity contribution is 7.92. The van der Waals surface area contributed by atoms with Crippen LogP contribution in [-0.4, -0.2) is 34.4 Å². The minimum absolute atomic E-state index is 0.0212. The molecule has 1 fully saturated rings. The first-order valence-corrected chi connectivity index (χ1v) is 12.6. The second-order valence-corrected chi connectivity index (χ2v) is 10.4. The lowest BCUT2D eigenvalue weighted by molar-refractivity contribution is -0.117. The van der Waals surface area contributed by atoms with E-state index in [4.69, 9.17) is 4.74 Å². The smallest absolute Gasteiger partial charge is 0.264 e. The number of ether oxygens (including phenoxy) is 1. The third-order valence-electron chi connectivity index (χ3n) is 5.87. The number of rotatable bonds is 8. The molecular formula is C26H27N3O5S. The molecule has 3 aromatic carbocycles. The highest BCUT2D eigenvalue weighted by atomic mass is 32.2. The molecule has 182 valence electrons. The summed E-state index contributed by atoms with van der Waals surface area (Å²) < 4.78 is 33.1. The molecule has 0 unspecified atom stereocenters. The van der Waals surface area contributed by atoms with Crippen LogP contribution in [0.15, 0.2) is 71.6 Å². The van der Waals surface area contributed by atoms with E-state index in [2.05, 4.69) is 10.6 Å². The number of sulfonamides is 1. The van der Waals surface area contributed by atoms with Gasteiger partial charge in [-0.05, 0) is 67.8 Å². The number of nitrogens with one attached hydrogen (secondary N) is 2. The quantitative estimate of drug-likeness (QED) is 0.483. The van der Waals surface area contributed by atoms with E-state index in [0.29, 0.717) is 28.4 Å². The van der Waals surface area contributed by atoms with Crippen LogP contribution < -0.4 is 19.7 Å². The van der Waals surface area contributed by atoms with E-state index in [1.807, 2.05) is 0 Å². The van der Waals surface area contributed by atoms with Crippen LogP contribution in [0.3, 0.4) is 0 Å². The Morgan fingerprint density at radius 1 is 0.943 bits per heavy atom. The summed E-state index contributed by atoms with van der Waals surface area (Å²) in [6.45, 7) is 1.74. The van der Waals surface area contributed by atoms with Crippen LogP contribution in [0.1, 0.15) is 28.8 Å². The van der Waals surface area contributed by atoms with Crippen molar-refractivity contribution in [3.05, 3.63) is 77.9 Å². The van der Waals surface area contributed by atoms with Crippen LogP contribution in [0, 0.1) is 12.8 Å². The lowest BCUT2D eigenvalue weighted by Gasteiger charge is -2.22. The Hall–Kier alpha value is -3.85. The predicted molar refractivity (Wildman–Crippen MR) is 136 cm³/mol. The zero-order chi connectivity index (χ0) is 25.2. The summed E-state index contributed by atoms with van der Waals surface area (Å²) in [5.41, 5.74) is 2.31. The fourth-order valence-corrected chi connectivity index (χ4v) is 4.88. The molecular weight excluding hydrogens is 466 g/mol. The molecule has 0 spiro atoms. The molecule has 2 N–H and O–H groups in total. The fraction of sp³-hybridized carbons (Fsp3) is 0.231. The molecule has 0 saturated heterocycles. The van der Waals surface area contributed by atoms with Crippen molar-refractivity contribution in [3.8, 4) is 5.75 Å². The van der Waals surface area contributed by atoms with Crippen molar-refractivity contribution >= 4 is 38.9 Å². The second-order valence-electron chi connectivity index (χ2n) is 8.42. The van der Waals surface area contributed by atoms with E-state index in [-0.39, 0.29) is 22.3 Å². The second kappa shape index (κ2) is 9.79. The summed E-state index contributed by atoms with van der Waals surface area (Å²) in [6, 6.07) is 18.1. The van der Waals surface area contributed by atoms with Gasteiger partial charge in [0.15, 0.2) is 0 Å². The minimum atomic E-state index is -3.97. The normalized spacial score (nSPS) is 13.1. The van der Waals surface area contributed by atoms with Crippen LogP contribution in [0.5, 0.6) is 5.75 Å². The maximum absolute atomic E-state index is 13.4. The monoisotopic (exact) mass is 493 g/mol. The molecule has 0 aromatic heterocycles. The van der Waals surface area contributed by atoms with Gasteiger partial charge in [0, 0.05) is 29.9 Å². The van der Waals surface area contributed by atoms with Crippen molar-refractivity contribution in [3.63, 3.8) is 0 Å².